The predicted molar refractivity (Wildman–Crippen MR) is 127 cm³/mol. The number of carboxylic acid groups (broad SMARTS) is 1. The summed E-state index contributed by atoms with van der Waals surface area (Å²) in [6, 6.07) is 9.84. The molecule has 35 heavy (non-hydrogen) atoms. The molecule has 2 aliphatic rings. The molecule has 1 atom stereocenters. The molecule has 9 heteroatoms. The maximum atomic E-state index is 14.1. The van der Waals surface area contributed by atoms with E-state index in [0.29, 0.717) is 67.8 Å². The monoisotopic (exact) mass is 478 g/mol. The van der Waals surface area contributed by atoms with Crippen LogP contribution < -0.4 is 0 Å². The number of amides is 2. The number of nitrogens with zero attached hydrogens (tertiary/aromatic N) is 4. The summed E-state index contributed by atoms with van der Waals surface area (Å²) in [6.45, 7) is 2.76. The van der Waals surface area contributed by atoms with Crippen molar-refractivity contribution in [2.75, 3.05) is 19.6 Å². The third-order valence-corrected chi connectivity index (χ3v) is 7.04. The molecule has 0 unspecified atom stereocenters. The molecule has 2 fully saturated rings. The number of aromatic nitrogens is 2. The smallest absolute Gasteiger partial charge is 0.326 e. The molecular weight excluding hydrogens is 451 g/mol. The molecule has 0 saturated carbocycles. The summed E-state index contributed by atoms with van der Waals surface area (Å²) < 4.78 is 15.9. The summed E-state index contributed by atoms with van der Waals surface area (Å²) >= 11 is 0. The molecule has 2 amide bonds. The highest BCUT2D eigenvalue weighted by Gasteiger charge is 2.34. The average molecular weight is 479 g/mol. The Morgan fingerprint density at radius 3 is 2.57 bits per heavy atom. The lowest BCUT2D eigenvalue weighted by atomic mass is 9.95. The van der Waals surface area contributed by atoms with E-state index in [-0.39, 0.29) is 11.8 Å². The predicted octanol–water partition coefficient (Wildman–Crippen LogP) is 3.68. The first-order chi connectivity index (χ1) is 16.7. The standard InChI is InChI=1S/C26H27FN4O4/c1-26(27)8-12-29(13-9-26)23(32)19-14-17-7-11-30(22(17)28-16-19)20-5-2-4-18(15-20)24(33)31-10-3-6-21(31)25(34)35/h2,4-5,7,11,14-16,21H,3,6,8-10,12-13H2,1H3,(H,34,35)/t21-/m0/s1. The summed E-state index contributed by atoms with van der Waals surface area (Å²) in [4.78, 5) is 45.1. The summed E-state index contributed by atoms with van der Waals surface area (Å²) in [5.41, 5.74) is 0.979. The number of piperidine rings is 1. The van der Waals surface area contributed by atoms with Gasteiger partial charge in [0.15, 0.2) is 0 Å². The molecule has 182 valence electrons. The van der Waals surface area contributed by atoms with Crippen LogP contribution in [0, 0.1) is 0 Å². The van der Waals surface area contributed by atoms with Crippen molar-refractivity contribution in [2.45, 2.75) is 44.3 Å². The van der Waals surface area contributed by atoms with Gasteiger partial charge in [0.1, 0.15) is 17.4 Å². The zero-order valence-electron chi connectivity index (χ0n) is 19.5. The van der Waals surface area contributed by atoms with Crippen LogP contribution in [-0.2, 0) is 4.79 Å². The maximum absolute atomic E-state index is 14.1. The van der Waals surface area contributed by atoms with Crippen molar-refractivity contribution in [1.29, 1.82) is 0 Å². The van der Waals surface area contributed by atoms with Crippen LogP contribution in [0.1, 0.15) is 53.3 Å². The Kier molecular flexibility index (Phi) is 5.78. The first-order valence-corrected chi connectivity index (χ1v) is 11.8. The van der Waals surface area contributed by atoms with Gasteiger partial charge in [0, 0.05) is 48.7 Å². The Morgan fingerprint density at radius 2 is 1.83 bits per heavy atom. The highest BCUT2D eigenvalue weighted by atomic mass is 19.1. The van der Waals surface area contributed by atoms with Crippen molar-refractivity contribution >= 4 is 28.8 Å². The van der Waals surface area contributed by atoms with Crippen LogP contribution >= 0.6 is 0 Å². The lowest BCUT2D eigenvalue weighted by molar-refractivity contribution is -0.141. The van der Waals surface area contributed by atoms with E-state index in [4.69, 9.17) is 0 Å². The van der Waals surface area contributed by atoms with E-state index < -0.39 is 17.7 Å². The third kappa shape index (κ3) is 4.38. The summed E-state index contributed by atoms with van der Waals surface area (Å²) in [6.07, 6.45) is 5.12. The van der Waals surface area contributed by atoms with Crippen molar-refractivity contribution in [3.8, 4) is 5.69 Å². The van der Waals surface area contributed by atoms with Crippen LogP contribution in [0.25, 0.3) is 16.7 Å². The van der Waals surface area contributed by atoms with Gasteiger partial charge in [-0.05, 0) is 62.9 Å². The fourth-order valence-corrected chi connectivity index (χ4v) is 4.93. The molecule has 2 saturated heterocycles. The Bertz CT molecular complexity index is 1310. The fraction of sp³-hybridized carbons (Fsp3) is 0.385. The van der Waals surface area contributed by atoms with Gasteiger partial charge < -0.3 is 19.5 Å². The minimum absolute atomic E-state index is 0.158. The van der Waals surface area contributed by atoms with Gasteiger partial charge in [-0.3, -0.25) is 9.59 Å². The van der Waals surface area contributed by atoms with Crippen molar-refractivity contribution < 1.29 is 23.9 Å². The van der Waals surface area contributed by atoms with Crippen LogP contribution in [-0.4, -0.2) is 73.6 Å². The highest BCUT2D eigenvalue weighted by Crippen LogP contribution is 2.28. The third-order valence-electron chi connectivity index (χ3n) is 7.04. The van der Waals surface area contributed by atoms with E-state index >= 15 is 0 Å². The number of hydrogen-bond donors (Lipinski definition) is 1. The Labute approximate surface area is 202 Å². The molecule has 1 N–H and O–H groups in total. The number of carbonyl (C=O) groups excluding carboxylic acids is 2. The molecule has 1 aromatic carbocycles. The van der Waals surface area contributed by atoms with Crippen LogP contribution in [0.15, 0.2) is 48.8 Å². The molecule has 3 aromatic rings. The number of hydrogen-bond acceptors (Lipinski definition) is 4. The summed E-state index contributed by atoms with van der Waals surface area (Å²) in [7, 11) is 0. The average Bonchev–Trinajstić information content (AvgIpc) is 3.50. The minimum Gasteiger partial charge on any atom is -0.480 e. The van der Waals surface area contributed by atoms with Crippen LogP contribution in [0.4, 0.5) is 4.39 Å². The van der Waals surface area contributed by atoms with Crippen molar-refractivity contribution in [1.82, 2.24) is 19.4 Å². The molecule has 5 rings (SSSR count). The van der Waals surface area contributed by atoms with E-state index in [0.717, 1.165) is 5.39 Å². The van der Waals surface area contributed by atoms with Gasteiger partial charge in [-0.15, -0.1) is 0 Å². The quantitative estimate of drug-likeness (QED) is 0.617. The lowest BCUT2D eigenvalue weighted by Gasteiger charge is -2.34. The van der Waals surface area contributed by atoms with Crippen LogP contribution in [0.5, 0.6) is 0 Å². The topological polar surface area (TPSA) is 95.7 Å². The molecule has 8 nitrogen and oxygen atoms in total. The second kappa shape index (κ2) is 8.79. The molecule has 0 radical (unpaired) electrons. The fourth-order valence-electron chi connectivity index (χ4n) is 4.93. The van der Waals surface area contributed by atoms with E-state index in [1.807, 2.05) is 22.9 Å². The number of rotatable bonds is 4. The van der Waals surface area contributed by atoms with Gasteiger partial charge in [0.2, 0.25) is 0 Å². The number of fused-ring (bicyclic) bond motifs is 1. The number of alkyl halides is 1. The van der Waals surface area contributed by atoms with Gasteiger partial charge in [-0.2, -0.15) is 0 Å². The number of carboxylic acids is 1. The lowest BCUT2D eigenvalue weighted by Crippen LogP contribution is -2.43. The van der Waals surface area contributed by atoms with Gasteiger partial charge in [0.25, 0.3) is 11.8 Å². The Morgan fingerprint density at radius 1 is 1.06 bits per heavy atom. The second-order valence-corrected chi connectivity index (χ2v) is 9.57. The first kappa shape index (κ1) is 23.0. The van der Waals surface area contributed by atoms with Crippen LogP contribution in [0.3, 0.4) is 0 Å². The van der Waals surface area contributed by atoms with Gasteiger partial charge in [0.05, 0.1) is 5.56 Å². The number of carbonyl (C=O) groups is 3. The van der Waals surface area contributed by atoms with Crippen molar-refractivity contribution in [3.05, 3.63) is 59.9 Å². The number of benzene rings is 1. The highest BCUT2D eigenvalue weighted by molar-refractivity contribution is 5.98. The molecule has 0 spiro atoms. The number of pyridine rings is 1. The van der Waals surface area contributed by atoms with E-state index in [9.17, 15) is 23.9 Å². The summed E-state index contributed by atoms with van der Waals surface area (Å²) in [5, 5.41) is 10.2. The Hall–Kier alpha value is -3.75. The van der Waals surface area contributed by atoms with Crippen molar-refractivity contribution in [2.24, 2.45) is 0 Å². The van der Waals surface area contributed by atoms with Gasteiger partial charge in [-0.1, -0.05) is 6.07 Å². The molecule has 0 bridgehead atoms. The number of likely N-dealkylation sites (tertiary alicyclic amines) is 2. The second-order valence-electron chi connectivity index (χ2n) is 9.57. The molecule has 0 aliphatic carbocycles. The summed E-state index contributed by atoms with van der Waals surface area (Å²) in [5.74, 6) is -1.45. The normalized spacial score (nSPS) is 19.8. The number of aliphatic carboxylic acids is 1. The SMILES string of the molecule is CC1(F)CCN(C(=O)c2cnc3c(ccn3-c3cccc(C(=O)N4CCC[C@H]4C(=O)O)c3)c2)CC1. The van der Waals surface area contributed by atoms with Gasteiger partial charge >= 0.3 is 5.97 Å². The zero-order chi connectivity index (χ0) is 24.7. The largest absolute Gasteiger partial charge is 0.480 e. The first-order valence-electron chi connectivity index (χ1n) is 11.8. The van der Waals surface area contributed by atoms with Crippen LogP contribution in [0.2, 0.25) is 0 Å². The van der Waals surface area contributed by atoms with Gasteiger partial charge in [-0.25, -0.2) is 14.2 Å². The molecular formula is C26H27FN4O4. The minimum atomic E-state index is -1.23. The molecule has 2 aliphatic heterocycles. The molecule has 4 heterocycles. The van der Waals surface area contributed by atoms with E-state index in [2.05, 4.69) is 4.98 Å². The van der Waals surface area contributed by atoms with E-state index in [1.165, 1.54) is 11.1 Å². The maximum Gasteiger partial charge on any atom is 0.326 e. The molecule has 2 aromatic heterocycles. The van der Waals surface area contributed by atoms with Crippen molar-refractivity contribution in [3.63, 3.8) is 0 Å². The van der Waals surface area contributed by atoms with E-state index in [1.54, 1.807) is 36.1 Å². The number of halogens is 1. The zero-order valence-corrected chi connectivity index (χ0v) is 19.5. The Balaban J connectivity index is 1.39.